The zero-order valence-electron chi connectivity index (χ0n) is 20.4. The fourth-order valence-corrected chi connectivity index (χ4v) is 2.46. The summed E-state index contributed by atoms with van der Waals surface area (Å²) in [5.74, 6) is 0. The molecular formula is C25H39N3O3Sn. The molecule has 176 valence electrons. The van der Waals surface area contributed by atoms with Crippen LogP contribution < -0.4 is 0 Å². The third-order valence-electron chi connectivity index (χ3n) is 3.88. The van der Waals surface area contributed by atoms with E-state index in [-0.39, 0.29) is 0 Å². The topological polar surface area (TPSA) is 88.3 Å². The van der Waals surface area contributed by atoms with E-state index in [1.54, 1.807) is 0 Å². The molecule has 32 heavy (non-hydrogen) atoms. The molecule has 0 aliphatic heterocycles. The molecule has 0 saturated carbocycles. The van der Waals surface area contributed by atoms with Crippen LogP contribution in [-0.4, -0.2) is 60.4 Å². The van der Waals surface area contributed by atoms with Gasteiger partial charge in [0.2, 0.25) is 18.2 Å². The van der Waals surface area contributed by atoms with Crippen LogP contribution in [0.15, 0.2) is 37.3 Å². The number of hydrogen-bond acceptors (Lipinski definition) is 6. The zero-order chi connectivity index (χ0) is 24.9. The molecule has 1 aromatic rings. The molecule has 0 aliphatic carbocycles. The molecule has 0 spiro atoms. The average molecular weight is 548 g/mol. The van der Waals surface area contributed by atoms with Crippen molar-refractivity contribution in [1.29, 1.82) is 0 Å². The van der Waals surface area contributed by atoms with E-state index >= 15 is 0 Å². The van der Waals surface area contributed by atoms with Gasteiger partial charge in [-0.25, -0.2) is 29.4 Å². The summed E-state index contributed by atoms with van der Waals surface area (Å²) in [5.41, 5.74) is 4.07. The van der Waals surface area contributed by atoms with Crippen LogP contribution in [0.25, 0.3) is 6.08 Å². The molecule has 0 amide bonds. The Morgan fingerprint density at radius 2 is 1.16 bits per heavy atom. The van der Waals surface area contributed by atoms with Gasteiger partial charge in [-0.3, -0.25) is 0 Å². The number of unbranched alkanes of at least 4 members (excludes halogenated alkanes) is 3. The molecule has 0 saturated heterocycles. The molecule has 0 unspecified atom stereocenters. The summed E-state index contributed by atoms with van der Waals surface area (Å²) in [6.07, 6.45) is 12.9. The molecule has 0 aliphatic rings. The number of aliphatic imine (C=N–C) groups is 3. The van der Waals surface area contributed by atoms with Gasteiger partial charge in [0.15, 0.2) is 0 Å². The molecule has 1 rings (SSSR count). The van der Waals surface area contributed by atoms with Crippen molar-refractivity contribution in [2.24, 2.45) is 15.0 Å². The van der Waals surface area contributed by atoms with Crippen LogP contribution in [0.4, 0.5) is 0 Å². The van der Waals surface area contributed by atoms with Crippen molar-refractivity contribution in [3.8, 4) is 0 Å². The fourth-order valence-electron chi connectivity index (χ4n) is 1.83. The minimum atomic E-state index is 0.639. The molecular weight excluding hydrogens is 509 g/mol. The van der Waals surface area contributed by atoms with E-state index in [1.807, 2.05) is 0 Å². The average Bonchev–Trinajstić information content (AvgIpc) is 2.79. The second-order valence-electron chi connectivity index (χ2n) is 6.68. The third-order valence-corrected chi connectivity index (χ3v) is 4.43. The maximum absolute atomic E-state index is 9.39. The van der Waals surface area contributed by atoms with E-state index < -0.39 is 0 Å². The Hall–Kier alpha value is -2.10. The second kappa shape index (κ2) is 31.1. The molecule has 6 nitrogen and oxygen atoms in total. The molecule has 7 heteroatoms. The van der Waals surface area contributed by atoms with Crippen LogP contribution in [-0.2, 0) is 14.4 Å². The first-order valence-electron chi connectivity index (χ1n) is 11.0. The van der Waals surface area contributed by atoms with E-state index in [1.165, 1.54) is 57.5 Å². The molecule has 1 aromatic carbocycles. The van der Waals surface area contributed by atoms with Crippen LogP contribution in [0.1, 0.15) is 76.0 Å². The Bertz CT molecular complexity index is 680. The van der Waals surface area contributed by atoms with Gasteiger partial charge in [0.05, 0.1) is 19.6 Å². The number of isocyanates is 3. The Balaban J connectivity index is -0.000000361. The maximum atomic E-state index is 9.39. The number of rotatable bonds is 10. The van der Waals surface area contributed by atoms with Gasteiger partial charge in [-0.1, -0.05) is 40.0 Å². The van der Waals surface area contributed by atoms with E-state index in [9.17, 15) is 14.4 Å². The van der Waals surface area contributed by atoms with Crippen LogP contribution in [0.5, 0.6) is 0 Å². The van der Waals surface area contributed by atoms with Crippen molar-refractivity contribution < 1.29 is 14.4 Å². The Morgan fingerprint density at radius 1 is 0.750 bits per heavy atom. The van der Waals surface area contributed by atoms with E-state index in [4.69, 9.17) is 0 Å². The molecule has 0 fully saturated rings. The summed E-state index contributed by atoms with van der Waals surface area (Å²) in [5, 5.41) is 0. The quantitative estimate of drug-likeness (QED) is 0.167. The monoisotopic (exact) mass is 549 g/mol. The minimum absolute atomic E-state index is 0.639. The first-order chi connectivity index (χ1) is 15.5. The summed E-state index contributed by atoms with van der Waals surface area (Å²) in [4.78, 5) is 38.2. The van der Waals surface area contributed by atoms with Gasteiger partial charge in [-0.15, -0.1) is 0 Å². The molecule has 0 heterocycles. The van der Waals surface area contributed by atoms with Gasteiger partial charge in [0.1, 0.15) is 0 Å². The van der Waals surface area contributed by atoms with Crippen molar-refractivity contribution in [2.45, 2.75) is 73.1 Å². The van der Waals surface area contributed by atoms with Gasteiger partial charge in [0.25, 0.3) is 0 Å². The predicted octanol–water partition coefficient (Wildman–Crippen LogP) is 5.54. The van der Waals surface area contributed by atoms with Crippen LogP contribution >= 0.6 is 0 Å². The van der Waals surface area contributed by atoms with Crippen molar-refractivity contribution in [3.05, 3.63) is 39.0 Å². The summed E-state index contributed by atoms with van der Waals surface area (Å²) >= 11 is 1.20. The fraction of sp³-hybridized carbons (Fsp3) is 0.560. The number of aryl methyl sites for hydroxylation is 2. The molecule has 2 radical (unpaired) electrons. The number of benzene rings is 1. The predicted molar refractivity (Wildman–Crippen MR) is 136 cm³/mol. The van der Waals surface area contributed by atoms with E-state index in [0.717, 1.165) is 38.5 Å². The number of nitrogens with zero attached hydrogens (tertiary/aromatic N) is 3. The number of carbonyl (C=O) groups excluding carboxylic acids is 3. The molecule has 0 atom stereocenters. The second-order valence-corrected chi connectivity index (χ2v) is 7.78. The summed E-state index contributed by atoms with van der Waals surface area (Å²) in [6.45, 7) is 12.4. The first-order valence-corrected chi connectivity index (χ1v) is 12.9. The van der Waals surface area contributed by atoms with Crippen molar-refractivity contribution in [3.63, 3.8) is 0 Å². The van der Waals surface area contributed by atoms with Crippen molar-refractivity contribution >= 4 is 46.8 Å². The van der Waals surface area contributed by atoms with Gasteiger partial charge in [0, 0.05) is 0 Å². The van der Waals surface area contributed by atoms with Crippen LogP contribution in [0.3, 0.4) is 0 Å². The molecule has 0 N–H and O–H groups in total. The summed E-state index contributed by atoms with van der Waals surface area (Å²) < 4.78 is 2.19. The van der Waals surface area contributed by atoms with Crippen LogP contribution in [0, 0.1) is 13.8 Å². The van der Waals surface area contributed by atoms with Gasteiger partial charge < -0.3 is 0 Å². The van der Waals surface area contributed by atoms with Crippen molar-refractivity contribution in [1.82, 2.24) is 0 Å². The number of hydrogen-bond donors (Lipinski definition) is 0. The van der Waals surface area contributed by atoms with Gasteiger partial charge in [-0.2, -0.15) is 0 Å². The summed E-state index contributed by atoms with van der Waals surface area (Å²) in [7, 11) is 0. The normalized spacial score (nSPS) is 8.69. The molecule has 0 aromatic heterocycles. The Labute approximate surface area is 207 Å². The Morgan fingerprint density at radius 3 is 1.44 bits per heavy atom. The van der Waals surface area contributed by atoms with Crippen LogP contribution in [0.2, 0.25) is 0 Å². The van der Waals surface area contributed by atoms with Gasteiger partial charge >= 0.3 is 81.4 Å². The van der Waals surface area contributed by atoms with Gasteiger partial charge in [-0.05, 0) is 19.3 Å². The van der Waals surface area contributed by atoms with E-state index in [2.05, 4.69) is 78.0 Å². The van der Waals surface area contributed by atoms with Crippen molar-refractivity contribution in [2.75, 3.05) is 19.6 Å². The SMILES string of the molecule is CCCCN=C=O.CCCCN=C=O.CCCCN=C=O.Cc1ccc(/C=[CH]/[SnH])cc1C. The Kier molecular flexibility index (Phi) is 33.5. The first kappa shape index (κ1) is 34.5. The molecule has 0 bridgehead atoms. The standard InChI is InChI=1S/C10H11.3C5H9NO.Sn.H/c1-4-10-6-5-8(2)9(3)7-10;3*1-2-3-4-6-5-7;;/h1,4-7H,2-3H3;3*2-4H2,1H3;;. The van der Waals surface area contributed by atoms with E-state index in [0.29, 0.717) is 19.6 Å². The third kappa shape index (κ3) is 30.1. The zero-order valence-corrected chi connectivity index (χ0v) is 23.7. The summed E-state index contributed by atoms with van der Waals surface area (Å²) in [6, 6.07) is 6.56.